The van der Waals surface area contributed by atoms with Gasteiger partial charge in [-0.05, 0) is 65.6 Å². The number of nitrogens with two attached hydrogens (primary N) is 2. The van der Waals surface area contributed by atoms with E-state index in [0.717, 1.165) is 25.1 Å². The molecule has 0 unspecified atom stereocenters. The van der Waals surface area contributed by atoms with Crippen LogP contribution in [-0.2, 0) is 10.8 Å². The lowest BCUT2D eigenvalue weighted by Gasteiger charge is -2.38. The van der Waals surface area contributed by atoms with Crippen molar-refractivity contribution in [2.24, 2.45) is 0 Å². The lowest BCUT2D eigenvalue weighted by Crippen LogP contribution is -2.54. The van der Waals surface area contributed by atoms with Gasteiger partial charge in [0.05, 0.1) is 22.7 Å². The summed E-state index contributed by atoms with van der Waals surface area (Å²) < 4.78 is 175. The van der Waals surface area contributed by atoms with Crippen LogP contribution in [0.4, 0.5) is 75.4 Å². The van der Waals surface area contributed by atoms with Crippen LogP contribution in [-0.4, -0.2) is 43.4 Å². The number of alkyl halides is 12. The Labute approximate surface area is 286 Å². The Balaban J connectivity index is 1.75. The van der Waals surface area contributed by atoms with Crippen LogP contribution in [0.25, 0.3) is 0 Å². The van der Waals surface area contributed by atoms with Crippen LogP contribution in [0, 0.1) is 0 Å². The fraction of sp³-hybridized carbons (Fsp3) is 0.235. The quantitative estimate of drug-likeness (QED) is 0.0816. The Morgan fingerprint density at radius 3 is 1.15 bits per heavy atom. The van der Waals surface area contributed by atoms with Crippen molar-refractivity contribution in [3.8, 4) is 0 Å². The standard InChI is InChI=1S/C34H26F12N4O2/c1-17(51)18-3-7-20(8-4-18)29(31(35,36)37,32(38,39)40)21-9-5-19(6-10-21)28(52)50-27-14-12-23(16-25(27)48)30(33(41,42)43,34(44,45)46)22-11-13-26(49-2)24(47)15-22/h3-16,49H,47-48H2,1-2H3,(H,50,52). The average molecular weight is 751 g/mol. The van der Waals surface area contributed by atoms with E-state index in [2.05, 4.69) is 10.6 Å². The third-order valence-electron chi connectivity index (χ3n) is 8.49. The molecule has 6 nitrogen and oxygen atoms in total. The summed E-state index contributed by atoms with van der Waals surface area (Å²) in [4.78, 5) is 24.6. The van der Waals surface area contributed by atoms with Crippen molar-refractivity contribution < 1.29 is 62.3 Å². The monoisotopic (exact) mass is 750 g/mol. The molecule has 1 amide bonds. The number of ketones is 1. The van der Waals surface area contributed by atoms with Gasteiger partial charge < -0.3 is 22.1 Å². The Morgan fingerprint density at radius 2 is 0.827 bits per heavy atom. The molecule has 6 N–H and O–H groups in total. The first-order valence-corrected chi connectivity index (χ1v) is 14.6. The Hall–Kier alpha value is -5.42. The van der Waals surface area contributed by atoms with E-state index < -0.39 is 92.1 Å². The van der Waals surface area contributed by atoms with Crippen molar-refractivity contribution in [1.82, 2.24) is 0 Å². The molecule has 0 radical (unpaired) electrons. The second-order valence-electron chi connectivity index (χ2n) is 11.5. The summed E-state index contributed by atoms with van der Waals surface area (Å²) in [5.74, 6) is -1.86. The molecule has 0 aliphatic rings. The van der Waals surface area contributed by atoms with Gasteiger partial charge in [-0.25, -0.2) is 0 Å². The summed E-state index contributed by atoms with van der Waals surface area (Å²) in [6, 6.07) is 7.89. The maximum absolute atomic E-state index is 14.6. The van der Waals surface area contributed by atoms with E-state index in [1.807, 2.05) is 0 Å². The van der Waals surface area contributed by atoms with Crippen molar-refractivity contribution in [2.45, 2.75) is 42.5 Å². The SMILES string of the molecule is CNc1ccc(C(c2ccc(NC(=O)c3ccc(C(c4ccc(C(C)=O)cc4)(C(F)(F)F)C(F)(F)F)cc3)c(N)c2)(C(F)(F)F)C(F)(F)F)cc1N. The lowest BCUT2D eigenvalue weighted by atomic mass is 9.72. The summed E-state index contributed by atoms with van der Waals surface area (Å²) in [6.07, 6.45) is -24.0. The maximum Gasteiger partial charge on any atom is 0.411 e. The normalized spacial score (nSPS) is 13.1. The van der Waals surface area contributed by atoms with Crippen molar-refractivity contribution >= 4 is 34.4 Å². The zero-order valence-corrected chi connectivity index (χ0v) is 26.6. The van der Waals surface area contributed by atoms with Gasteiger partial charge in [0, 0.05) is 18.2 Å². The number of benzene rings is 4. The molecule has 0 atom stereocenters. The van der Waals surface area contributed by atoms with Gasteiger partial charge in [-0.1, -0.05) is 48.5 Å². The molecule has 18 heteroatoms. The molecule has 0 aromatic heterocycles. The Bertz CT molecular complexity index is 1940. The zero-order valence-electron chi connectivity index (χ0n) is 26.6. The number of Topliss-reactive ketones (excluding diaryl/α,β-unsaturated/α-hetero) is 1. The number of hydrogen-bond acceptors (Lipinski definition) is 5. The Kier molecular flexibility index (Phi) is 10.1. The fourth-order valence-corrected chi connectivity index (χ4v) is 5.92. The topological polar surface area (TPSA) is 110 Å². The zero-order chi connectivity index (χ0) is 39.2. The van der Waals surface area contributed by atoms with E-state index in [1.165, 1.54) is 7.05 Å². The predicted octanol–water partition coefficient (Wildman–Crippen LogP) is 9.17. The molecule has 278 valence electrons. The van der Waals surface area contributed by atoms with Crippen molar-refractivity contribution in [3.05, 3.63) is 118 Å². The minimum absolute atomic E-state index is 0.0402. The molecular weight excluding hydrogens is 724 g/mol. The summed E-state index contributed by atoms with van der Waals surface area (Å²) in [7, 11) is 1.34. The van der Waals surface area contributed by atoms with Crippen LogP contribution in [0.5, 0.6) is 0 Å². The molecule has 4 rings (SSSR count). The van der Waals surface area contributed by atoms with Gasteiger partial charge in [0.25, 0.3) is 5.91 Å². The van der Waals surface area contributed by atoms with Crippen LogP contribution < -0.4 is 22.1 Å². The summed E-state index contributed by atoms with van der Waals surface area (Å²) in [6.45, 7) is 1.06. The number of nitrogen functional groups attached to an aromatic ring is 2. The van der Waals surface area contributed by atoms with Crippen LogP contribution in [0.3, 0.4) is 0 Å². The number of rotatable bonds is 8. The molecule has 0 aliphatic heterocycles. The van der Waals surface area contributed by atoms with Crippen molar-refractivity contribution in [3.63, 3.8) is 0 Å². The van der Waals surface area contributed by atoms with E-state index in [4.69, 9.17) is 11.5 Å². The van der Waals surface area contributed by atoms with Crippen molar-refractivity contribution in [2.75, 3.05) is 29.1 Å². The molecule has 52 heavy (non-hydrogen) atoms. The molecule has 0 saturated carbocycles. The minimum atomic E-state index is -6.02. The number of hydrogen-bond donors (Lipinski definition) is 4. The lowest BCUT2D eigenvalue weighted by molar-refractivity contribution is -0.290. The first-order valence-electron chi connectivity index (χ1n) is 14.6. The number of halogens is 12. The highest BCUT2D eigenvalue weighted by Crippen LogP contribution is 2.58. The van der Waals surface area contributed by atoms with Gasteiger partial charge in [-0.2, -0.15) is 52.7 Å². The fourth-order valence-electron chi connectivity index (χ4n) is 5.92. The summed E-state index contributed by atoms with van der Waals surface area (Å²) >= 11 is 0. The van der Waals surface area contributed by atoms with E-state index in [9.17, 15) is 62.3 Å². The van der Waals surface area contributed by atoms with Crippen molar-refractivity contribution in [1.29, 1.82) is 0 Å². The number of amides is 1. The largest absolute Gasteiger partial charge is 0.411 e. The van der Waals surface area contributed by atoms with Crippen LogP contribution in [0.2, 0.25) is 0 Å². The molecule has 4 aromatic rings. The van der Waals surface area contributed by atoms with E-state index in [-0.39, 0.29) is 11.3 Å². The first-order chi connectivity index (χ1) is 23.8. The number of carbonyl (C=O) groups is 2. The highest BCUT2D eigenvalue weighted by molar-refractivity contribution is 6.05. The van der Waals surface area contributed by atoms with Gasteiger partial charge >= 0.3 is 24.7 Å². The molecule has 0 fully saturated rings. The van der Waals surface area contributed by atoms with Gasteiger partial charge in [0.1, 0.15) is 0 Å². The van der Waals surface area contributed by atoms with Crippen LogP contribution >= 0.6 is 0 Å². The smallest absolute Gasteiger partial charge is 0.397 e. The van der Waals surface area contributed by atoms with E-state index >= 15 is 0 Å². The van der Waals surface area contributed by atoms with Gasteiger partial charge in [0.2, 0.25) is 10.8 Å². The molecule has 0 spiro atoms. The first kappa shape index (κ1) is 39.4. The average Bonchev–Trinajstić information content (AvgIpc) is 3.01. The van der Waals surface area contributed by atoms with Gasteiger partial charge in [-0.15, -0.1) is 0 Å². The van der Waals surface area contributed by atoms with Crippen LogP contribution in [0.15, 0.2) is 84.9 Å². The second-order valence-corrected chi connectivity index (χ2v) is 11.5. The van der Waals surface area contributed by atoms with Gasteiger partial charge in [-0.3, -0.25) is 9.59 Å². The number of nitrogens with one attached hydrogen (secondary N) is 2. The maximum atomic E-state index is 14.6. The molecule has 0 aliphatic carbocycles. The van der Waals surface area contributed by atoms with E-state index in [1.54, 1.807) is 0 Å². The van der Waals surface area contributed by atoms with Crippen LogP contribution in [0.1, 0.15) is 49.9 Å². The van der Waals surface area contributed by atoms with E-state index in [0.29, 0.717) is 66.7 Å². The highest BCUT2D eigenvalue weighted by atomic mass is 19.4. The molecular formula is C34H26F12N4O2. The molecule has 0 saturated heterocycles. The second kappa shape index (κ2) is 13.3. The minimum Gasteiger partial charge on any atom is -0.397 e. The van der Waals surface area contributed by atoms with Gasteiger partial charge in [0.15, 0.2) is 5.78 Å². The predicted molar refractivity (Wildman–Crippen MR) is 168 cm³/mol. The molecule has 0 bridgehead atoms. The Morgan fingerprint density at radius 1 is 0.500 bits per heavy atom. The molecule has 4 aromatic carbocycles. The molecule has 0 heterocycles. The summed E-state index contributed by atoms with van der Waals surface area (Å²) in [5, 5.41) is 4.60. The number of carbonyl (C=O) groups excluding carboxylic acids is 2. The highest BCUT2D eigenvalue weighted by Gasteiger charge is 2.73. The number of anilines is 4. The third-order valence-corrected chi connectivity index (χ3v) is 8.49. The third kappa shape index (κ3) is 6.45. The summed E-state index contributed by atoms with van der Waals surface area (Å²) in [5.41, 5.74) is -5.59.